The van der Waals surface area contributed by atoms with Crippen LogP contribution in [-0.2, 0) is 7.05 Å². The molecule has 1 aromatic rings. The van der Waals surface area contributed by atoms with Gasteiger partial charge in [-0.25, -0.2) is 0 Å². The van der Waals surface area contributed by atoms with Crippen molar-refractivity contribution in [2.75, 3.05) is 0 Å². The molecule has 0 N–H and O–H groups in total. The van der Waals surface area contributed by atoms with E-state index < -0.39 is 0 Å². The Hall–Kier alpha value is -1.05. The van der Waals surface area contributed by atoms with Crippen molar-refractivity contribution in [3.8, 4) is 0 Å². The molecule has 1 aliphatic rings. The first-order valence-corrected chi connectivity index (χ1v) is 3.94. The molecule has 1 aromatic heterocycles. The van der Waals surface area contributed by atoms with Gasteiger partial charge in [0.1, 0.15) is 0 Å². The molecule has 0 saturated heterocycles. The van der Waals surface area contributed by atoms with Crippen LogP contribution in [0.2, 0.25) is 0 Å². The van der Waals surface area contributed by atoms with Crippen LogP contribution in [0.25, 0.3) is 0 Å². The maximum atomic E-state index is 11.1. The summed E-state index contributed by atoms with van der Waals surface area (Å²) in [5, 5.41) is 0. The summed E-state index contributed by atoms with van der Waals surface area (Å²) in [6, 6.07) is 3.79. The van der Waals surface area contributed by atoms with Crippen molar-refractivity contribution < 1.29 is 0 Å². The van der Waals surface area contributed by atoms with Crippen molar-refractivity contribution in [1.82, 2.24) is 4.57 Å². The molecule has 2 rings (SSSR count). The number of hydrogen-bond donors (Lipinski definition) is 0. The van der Waals surface area contributed by atoms with Gasteiger partial charge < -0.3 is 4.57 Å². The summed E-state index contributed by atoms with van der Waals surface area (Å²) < 4.78 is 1.60. The first kappa shape index (κ1) is 6.65. The van der Waals surface area contributed by atoms with Crippen LogP contribution in [0.3, 0.4) is 0 Å². The average Bonchev–Trinajstić information content (AvgIpc) is 2.77. The molecule has 0 aromatic carbocycles. The van der Waals surface area contributed by atoms with Gasteiger partial charge in [-0.3, -0.25) is 4.79 Å². The number of aryl methyl sites for hydroxylation is 1. The van der Waals surface area contributed by atoms with Crippen molar-refractivity contribution in [2.24, 2.45) is 7.05 Å². The van der Waals surface area contributed by atoms with Crippen LogP contribution in [0, 0.1) is 0 Å². The second kappa shape index (κ2) is 2.22. The number of hydrogen-bond acceptors (Lipinski definition) is 1. The number of pyridine rings is 1. The first-order chi connectivity index (χ1) is 5.27. The Morgan fingerprint density at radius 2 is 2.27 bits per heavy atom. The monoisotopic (exact) mass is 149 g/mol. The van der Waals surface area contributed by atoms with Crippen LogP contribution >= 0.6 is 0 Å². The molecule has 2 nitrogen and oxygen atoms in total. The highest BCUT2D eigenvalue weighted by Gasteiger charge is 2.23. The predicted octanol–water partition coefficient (Wildman–Crippen LogP) is 1.26. The minimum absolute atomic E-state index is 0.106. The van der Waals surface area contributed by atoms with Gasteiger partial charge >= 0.3 is 0 Å². The quantitative estimate of drug-likeness (QED) is 0.589. The minimum atomic E-state index is 0.106. The average molecular weight is 149 g/mol. The summed E-state index contributed by atoms with van der Waals surface area (Å²) >= 11 is 0. The fraction of sp³-hybridized carbons (Fsp3) is 0.444. The Morgan fingerprint density at radius 1 is 1.55 bits per heavy atom. The van der Waals surface area contributed by atoms with E-state index >= 15 is 0 Å². The zero-order valence-electron chi connectivity index (χ0n) is 6.58. The fourth-order valence-electron chi connectivity index (χ4n) is 1.23. The Balaban J connectivity index is 2.44. The largest absolute Gasteiger partial charge is 0.319 e. The Morgan fingerprint density at radius 3 is 2.82 bits per heavy atom. The molecule has 1 fully saturated rings. The molecule has 0 atom stereocenters. The standard InChI is InChI=1S/C9H11NO/c1-10-5-4-8(6-9(10)11)7-2-3-7/h4-7H,2-3H2,1H3. The van der Waals surface area contributed by atoms with E-state index in [4.69, 9.17) is 0 Å². The molecular formula is C9H11NO. The van der Waals surface area contributed by atoms with Gasteiger partial charge in [-0.15, -0.1) is 0 Å². The van der Waals surface area contributed by atoms with Crippen molar-refractivity contribution >= 4 is 0 Å². The fourth-order valence-corrected chi connectivity index (χ4v) is 1.23. The number of aromatic nitrogens is 1. The molecule has 2 heteroatoms. The van der Waals surface area contributed by atoms with E-state index in [1.54, 1.807) is 17.7 Å². The lowest BCUT2D eigenvalue weighted by molar-refractivity contribution is 0.849. The molecule has 0 aliphatic heterocycles. The Bertz CT molecular complexity index is 323. The van der Waals surface area contributed by atoms with E-state index in [2.05, 4.69) is 0 Å². The molecule has 0 spiro atoms. The van der Waals surface area contributed by atoms with Gasteiger partial charge in [-0.2, -0.15) is 0 Å². The number of nitrogens with zero attached hydrogens (tertiary/aromatic N) is 1. The van der Waals surface area contributed by atoms with Crippen LogP contribution in [0.15, 0.2) is 23.1 Å². The van der Waals surface area contributed by atoms with Gasteiger partial charge in [0.25, 0.3) is 5.56 Å². The second-order valence-corrected chi connectivity index (χ2v) is 3.18. The van der Waals surface area contributed by atoms with Gasteiger partial charge in [-0.05, 0) is 30.4 Å². The lowest BCUT2D eigenvalue weighted by Crippen LogP contribution is -2.14. The summed E-state index contributed by atoms with van der Waals surface area (Å²) in [7, 11) is 1.78. The molecule has 0 bridgehead atoms. The van der Waals surface area contributed by atoms with Crippen LogP contribution in [0.1, 0.15) is 24.3 Å². The van der Waals surface area contributed by atoms with Crippen LogP contribution in [0.4, 0.5) is 0 Å². The third-order valence-corrected chi connectivity index (χ3v) is 2.18. The summed E-state index contributed by atoms with van der Waals surface area (Å²) in [6.45, 7) is 0. The topological polar surface area (TPSA) is 22.0 Å². The summed E-state index contributed by atoms with van der Waals surface area (Å²) in [5.74, 6) is 0.684. The molecule has 1 aliphatic carbocycles. The van der Waals surface area contributed by atoms with Crippen molar-refractivity contribution in [1.29, 1.82) is 0 Å². The second-order valence-electron chi connectivity index (χ2n) is 3.18. The van der Waals surface area contributed by atoms with Crippen LogP contribution < -0.4 is 5.56 Å². The van der Waals surface area contributed by atoms with Gasteiger partial charge in [0.15, 0.2) is 0 Å². The van der Waals surface area contributed by atoms with Gasteiger partial charge in [0.2, 0.25) is 0 Å². The molecule has 0 radical (unpaired) electrons. The van der Waals surface area contributed by atoms with Crippen molar-refractivity contribution in [3.63, 3.8) is 0 Å². The zero-order valence-corrected chi connectivity index (χ0v) is 6.58. The molecule has 1 heterocycles. The lowest BCUT2D eigenvalue weighted by Gasteiger charge is -1.98. The molecule has 1 saturated carbocycles. The normalized spacial score (nSPS) is 16.8. The highest BCUT2D eigenvalue weighted by atomic mass is 16.1. The summed E-state index contributed by atoms with van der Waals surface area (Å²) in [5.41, 5.74) is 1.32. The Kier molecular flexibility index (Phi) is 1.34. The van der Waals surface area contributed by atoms with Crippen LogP contribution in [0.5, 0.6) is 0 Å². The van der Waals surface area contributed by atoms with Crippen LogP contribution in [-0.4, -0.2) is 4.57 Å². The molecule has 58 valence electrons. The minimum Gasteiger partial charge on any atom is -0.319 e. The predicted molar refractivity (Wildman–Crippen MR) is 43.7 cm³/mol. The highest BCUT2D eigenvalue weighted by Crippen LogP contribution is 2.39. The molecular weight excluding hydrogens is 138 g/mol. The molecule has 0 unspecified atom stereocenters. The van der Waals surface area contributed by atoms with Gasteiger partial charge in [0.05, 0.1) is 0 Å². The maximum Gasteiger partial charge on any atom is 0.250 e. The van der Waals surface area contributed by atoms with E-state index in [9.17, 15) is 4.79 Å². The zero-order chi connectivity index (χ0) is 7.84. The van der Waals surface area contributed by atoms with Crippen molar-refractivity contribution in [2.45, 2.75) is 18.8 Å². The van der Waals surface area contributed by atoms with Gasteiger partial charge in [0, 0.05) is 19.3 Å². The third-order valence-electron chi connectivity index (χ3n) is 2.18. The van der Waals surface area contributed by atoms with E-state index in [0.29, 0.717) is 5.92 Å². The third kappa shape index (κ3) is 1.20. The van der Waals surface area contributed by atoms with E-state index in [1.165, 1.54) is 18.4 Å². The van der Waals surface area contributed by atoms with Crippen molar-refractivity contribution in [3.05, 3.63) is 34.2 Å². The van der Waals surface area contributed by atoms with E-state index in [1.807, 2.05) is 12.3 Å². The van der Waals surface area contributed by atoms with Gasteiger partial charge in [-0.1, -0.05) is 0 Å². The first-order valence-electron chi connectivity index (χ1n) is 3.94. The van der Waals surface area contributed by atoms with E-state index in [0.717, 1.165) is 0 Å². The summed E-state index contributed by atoms with van der Waals surface area (Å²) in [6.07, 6.45) is 4.36. The Labute approximate surface area is 65.5 Å². The smallest absolute Gasteiger partial charge is 0.250 e. The number of rotatable bonds is 1. The molecule has 0 amide bonds. The summed E-state index contributed by atoms with van der Waals surface area (Å²) in [4.78, 5) is 11.1. The molecule has 11 heavy (non-hydrogen) atoms. The van der Waals surface area contributed by atoms with E-state index in [-0.39, 0.29) is 5.56 Å². The SMILES string of the molecule is Cn1ccc(C2CC2)cc1=O. The lowest BCUT2D eigenvalue weighted by atomic mass is 10.2. The highest BCUT2D eigenvalue weighted by molar-refractivity contribution is 5.20. The maximum absolute atomic E-state index is 11.1.